The van der Waals surface area contributed by atoms with Gasteiger partial charge in [0.05, 0.1) is 10.2 Å². The number of nitrogens with zero attached hydrogens (tertiary/aromatic N) is 2. The predicted molar refractivity (Wildman–Crippen MR) is 109 cm³/mol. The largest absolute Gasteiger partial charge is 0.326 e. The number of rotatable bonds is 5. The van der Waals surface area contributed by atoms with Gasteiger partial charge in [-0.25, -0.2) is 4.98 Å². The fraction of sp³-hybridized carbons (Fsp3) is 0.0952. The van der Waals surface area contributed by atoms with E-state index in [-0.39, 0.29) is 17.9 Å². The van der Waals surface area contributed by atoms with Gasteiger partial charge in [0.15, 0.2) is 0 Å². The predicted octanol–water partition coefficient (Wildman–Crippen LogP) is 4.15. The summed E-state index contributed by atoms with van der Waals surface area (Å²) in [5, 5.41) is 3.82. The Balaban J connectivity index is 1.46. The number of thiazole rings is 1. The maximum Gasteiger partial charge on any atom is 0.250 e. The van der Waals surface area contributed by atoms with E-state index in [0.29, 0.717) is 6.54 Å². The Bertz CT molecular complexity index is 1130. The molecule has 0 bridgehead atoms. The van der Waals surface area contributed by atoms with Crippen molar-refractivity contribution in [2.45, 2.75) is 13.0 Å². The summed E-state index contributed by atoms with van der Waals surface area (Å²) in [5.41, 5.74) is 2.55. The van der Waals surface area contributed by atoms with Crippen LogP contribution in [0, 0.1) is 0 Å². The number of carbonyl (C=O) groups is 1. The van der Waals surface area contributed by atoms with Gasteiger partial charge in [-0.05, 0) is 30.3 Å². The summed E-state index contributed by atoms with van der Waals surface area (Å²) in [6, 6.07) is 20.6. The van der Waals surface area contributed by atoms with Crippen LogP contribution in [0.1, 0.15) is 6.42 Å². The molecule has 6 heteroatoms. The molecule has 27 heavy (non-hydrogen) atoms. The van der Waals surface area contributed by atoms with Gasteiger partial charge in [-0.2, -0.15) is 0 Å². The van der Waals surface area contributed by atoms with Crippen LogP contribution in [-0.4, -0.2) is 15.5 Å². The summed E-state index contributed by atoms with van der Waals surface area (Å²) >= 11 is 1.63. The summed E-state index contributed by atoms with van der Waals surface area (Å²) < 4.78 is 2.66. The number of amides is 1. The molecule has 4 rings (SSSR count). The van der Waals surface area contributed by atoms with Crippen molar-refractivity contribution < 1.29 is 4.79 Å². The summed E-state index contributed by atoms with van der Waals surface area (Å²) in [6.07, 6.45) is 1.92. The summed E-state index contributed by atoms with van der Waals surface area (Å²) in [5.74, 6) is -0.132. The molecule has 0 unspecified atom stereocenters. The Morgan fingerprint density at radius 1 is 1.04 bits per heavy atom. The Morgan fingerprint density at radius 2 is 1.89 bits per heavy atom. The molecule has 2 aromatic heterocycles. The second kappa shape index (κ2) is 7.55. The fourth-order valence-electron chi connectivity index (χ4n) is 2.82. The molecule has 0 aliphatic carbocycles. The van der Waals surface area contributed by atoms with E-state index >= 15 is 0 Å². The highest BCUT2D eigenvalue weighted by Gasteiger charge is 2.08. The highest BCUT2D eigenvalue weighted by Crippen LogP contribution is 2.31. The lowest BCUT2D eigenvalue weighted by Crippen LogP contribution is -2.21. The normalized spacial score (nSPS) is 10.8. The van der Waals surface area contributed by atoms with E-state index in [9.17, 15) is 9.59 Å². The SMILES string of the molecule is O=C(CCn1ccccc1=O)Nc1cccc(-c2nc3ccccc3s2)c1. The van der Waals surface area contributed by atoms with E-state index in [1.165, 1.54) is 10.6 Å². The van der Waals surface area contributed by atoms with E-state index in [1.54, 1.807) is 29.7 Å². The van der Waals surface area contributed by atoms with Crippen LogP contribution >= 0.6 is 11.3 Å². The number of anilines is 1. The lowest BCUT2D eigenvalue weighted by atomic mass is 10.2. The van der Waals surface area contributed by atoms with Crippen molar-refractivity contribution in [2.24, 2.45) is 0 Å². The summed E-state index contributed by atoms with van der Waals surface area (Å²) in [4.78, 5) is 28.6. The van der Waals surface area contributed by atoms with Crippen LogP contribution in [0.2, 0.25) is 0 Å². The quantitative estimate of drug-likeness (QED) is 0.570. The fourth-order valence-corrected chi connectivity index (χ4v) is 3.78. The maximum atomic E-state index is 12.2. The Labute approximate surface area is 159 Å². The van der Waals surface area contributed by atoms with Crippen LogP contribution in [-0.2, 0) is 11.3 Å². The average Bonchev–Trinajstić information content (AvgIpc) is 3.12. The van der Waals surface area contributed by atoms with Crippen molar-refractivity contribution in [2.75, 3.05) is 5.32 Å². The third-order valence-corrected chi connectivity index (χ3v) is 5.25. The van der Waals surface area contributed by atoms with Crippen LogP contribution in [0.3, 0.4) is 0 Å². The number of hydrogen-bond acceptors (Lipinski definition) is 4. The molecule has 2 heterocycles. The minimum atomic E-state index is -0.132. The van der Waals surface area contributed by atoms with Gasteiger partial charge in [0.1, 0.15) is 5.01 Å². The van der Waals surface area contributed by atoms with Crippen LogP contribution in [0.5, 0.6) is 0 Å². The van der Waals surface area contributed by atoms with Crippen LogP contribution in [0.15, 0.2) is 77.7 Å². The number of benzene rings is 2. The summed E-state index contributed by atoms with van der Waals surface area (Å²) in [7, 11) is 0. The van der Waals surface area contributed by atoms with Gasteiger partial charge in [0, 0.05) is 36.5 Å². The minimum Gasteiger partial charge on any atom is -0.326 e. The molecule has 1 N–H and O–H groups in total. The molecule has 0 aliphatic heterocycles. The molecule has 1 amide bonds. The molecule has 0 saturated carbocycles. The third-order valence-electron chi connectivity index (χ3n) is 4.17. The number of nitrogens with one attached hydrogen (secondary N) is 1. The molecule has 0 saturated heterocycles. The van der Waals surface area contributed by atoms with Crippen LogP contribution in [0.25, 0.3) is 20.8 Å². The van der Waals surface area contributed by atoms with E-state index < -0.39 is 0 Å². The standard InChI is InChI=1S/C21H17N3O2S/c25-19(11-13-24-12-4-3-10-20(24)26)22-16-7-5-6-15(14-16)21-23-17-8-1-2-9-18(17)27-21/h1-10,12,14H,11,13H2,(H,22,25). The monoisotopic (exact) mass is 375 g/mol. The average molecular weight is 375 g/mol. The smallest absolute Gasteiger partial charge is 0.250 e. The first-order chi connectivity index (χ1) is 13.2. The first-order valence-electron chi connectivity index (χ1n) is 8.60. The van der Waals surface area contributed by atoms with E-state index in [1.807, 2.05) is 48.5 Å². The zero-order chi connectivity index (χ0) is 18.6. The number of para-hydroxylation sites is 1. The zero-order valence-electron chi connectivity index (χ0n) is 14.5. The Hall–Kier alpha value is -3.25. The van der Waals surface area contributed by atoms with E-state index in [0.717, 1.165) is 26.5 Å². The van der Waals surface area contributed by atoms with Crippen molar-refractivity contribution in [1.29, 1.82) is 0 Å². The van der Waals surface area contributed by atoms with Gasteiger partial charge in [0.25, 0.3) is 5.56 Å². The van der Waals surface area contributed by atoms with Crippen LogP contribution < -0.4 is 10.9 Å². The number of aryl methyl sites for hydroxylation is 1. The first kappa shape index (κ1) is 17.2. The molecule has 134 valence electrons. The Kier molecular flexibility index (Phi) is 4.80. The van der Waals surface area contributed by atoms with Crippen molar-refractivity contribution in [3.63, 3.8) is 0 Å². The summed E-state index contributed by atoms with van der Waals surface area (Å²) in [6.45, 7) is 0.350. The molecule has 0 radical (unpaired) electrons. The number of fused-ring (bicyclic) bond motifs is 1. The highest BCUT2D eigenvalue weighted by atomic mass is 32.1. The topological polar surface area (TPSA) is 64.0 Å². The molecule has 0 spiro atoms. The van der Waals surface area contributed by atoms with E-state index in [4.69, 9.17) is 0 Å². The van der Waals surface area contributed by atoms with Crippen molar-refractivity contribution in [3.8, 4) is 10.6 Å². The number of hydrogen-bond donors (Lipinski definition) is 1. The molecule has 4 aromatic rings. The number of carbonyl (C=O) groups excluding carboxylic acids is 1. The lowest BCUT2D eigenvalue weighted by molar-refractivity contribution is -0.116. The molecule has 2 aromatic carbocycles. The second-order valence-electron chi connectivity index (χ2n) is 6.10. The first-order valence-corrected chi connectivity index (χ1v) is 9.42. The second-order valence-corrected chi connectivity index (χ2v) is 7.13. The van der Waals surface area contributed by atoms with Gasteiger partial charge in [0.2, 0.25) is 5.91 Å². The molecular formula is C21H17N3O2S. The number of pyridine rings is 1. The Morgan fingerprint density at radius 3 is 2.74 bits per heavy atom. The van der Waals surface area contributed by atoms with Gasteiger partial charge >= 0.3 is 0 Å². The molecule has 0 atom stereocenters. The lowest BCUT2D eigenvalue weighted by Gasteiger charge is -2.08. The van der Waals surface area contributed by atoms with Gasteiger partial charge in [-0.1, -0.05) is 30.3 Å². The van der Waals surface area contributed by atoms with Crippen LogP contribution in [0.4, 0.5) is 5.69 Å². The molecule has 0 fully saturated rings. The van der Waals surface area contributed by atoms with Gasteiger partial charge < -0.3 is 9.88 Å². The van der Waals surface area contributed by atoms with Crippen molar-refractivity contribution in [3.05, 3.63) is 83.3 Å². The number of aromatic nitrogens is 2. The van der Waals surface area contributed by atoms with Gasteiger partial charge in [-0.15, -0.1) is 11.3 Å². The molecular weight excluding hydrogens is 358 g/mol. The van der Waals surface area contributed by atoms with Gasteiger partial charge in [-0.3, -0.25) is 9.59 Å². The molecule has 0 aliphatic rings. The molecule has 5 nitrogen and oxygen atoms in total. The minimum absolute atomic E-state index is 0.108. The maximum absolute atomic E-state index is 12.2. The highest BCUT2D eigenvalue weighted by molar-refractivity contribution is 7.21. The van der Waals surface area contributed by atoms with Crippen molar-refractivity contribution in [1.82, 2.24) is 9.55 Å². The zero-order valence-corrected chi connectivity index (χ0v) is 15.3. The van der Waals surface area contributed by atoms with E-state index in [2.05, 4.69) is 10.3 Å². The van der Waals surface area contributed by atoms with Crippen molar-refractivity contribution >= 4 is 33.1 Å². The third kappa shape index (κ3) is 3.96.